The van der Waals surface area contributed by atoms with Gasteiger partial charge in [0.2, 0.25) is 11.8 Å². The average molecular weight is 561 g/mol. The van der Waals surface area contributed by atoms with Gasteiger partial charge in [-0.2, -0.15) is 0 Å². The maximum absolute atomic E-state index is 13.0. The second-order valence-corrected chi connectivity index (χ2v) is 12.4. The number of carboxylic acid groups (broad SMARTS) is 2. The van der Waals surface area contributed by atoms with E-state index in [1.165, 1.54) is 28.0 Å². The van der Waals surface area contributed by atoms with E-state index in [1.807, 2.05) is 6.92 Å². The maximum atomic E-state index is 13.0. The van der Waals surface area contributed by atoms with E-state index < -0.39 is 30.0 Å². The molecule has 38 heavy (non-hydrogen) atoms. The molecule has 3 aliphatic rings. The van der Waals surface area contributed by atoms with Crippen molar-refractivity contribution in [3.63, 3.8) is 0 Å². The van der Waals surface area contributed by atoms with E-state index in [0.717, 1.165) is 10.1 Å². The van der Waals surface area contributed by atoms with Crippen LogP contribution in [0.4, 0.5) is 10.7 Å². The summed E-state index contributed by atoms with van der Waals surface area (Å²) in [5.41, 5.74) is 7.11. The molecule has 1 aromatic heterocycles. The zero-order valence-corrected chi connectivity index (χ0v) is 22.3. The zero-order valence-electron chi connectivity index (χ0n) is 20.6. The number of thiophene rings is 1. The number of amides is 2. The molecule has 0 bridgehead atoms. The number of carboxylic acids is 2. The van der Waals surface area contributed by atoms with Crippen molar-refractivity contribution in [2.45, 2.75) is 50.1 Å². The van der Waals surface area contributed by atoms with E-state index in [2.05, 4.69) is 10.6 Å². The number of aliphatic hydroxyl groups excluding tert-OH is 1. The van der Waals surface area contributed by atoms with Gasteiger partial charge >= 0.3 is 11.9 Å². The van der Waals surface area contributed by atoms with E-state index in [-0.39, 0.29) is 41.1 Å². The highest BCUT2D eigenvalue weighted by molar-refractivity contribution is 8.03. The molecule has 0 saturated carbocycles. The molecule has 202 valence electrons. The van der Waals surface area contributed by atoms with Crippen LogP contribution in [-0.2, 0) is 25.6 Å². The summed E-state index contributed by atoms with van der Waals surface area (Å²) in [4.78, 5) is 50.6. The van der Waals surface area contributed by atoms with Gasteiger partial charge in [0, 0.05) is 38.4 Å². The van der Waals surface area contributed by atoms with Crippen LogP contribution in [0.25, 0.3) is 10.1 Å². The van der Waals surface area contributed by atoms with Crippen LogP contribution in [0.1, 0.15) is 25.8 Å². The number of thioether (sulfide) groups is 1. The molecule has 11 nitrogen and oxygen atoms in total. The second-order valence-electron chi connectivity index (χ2n) is 9.98. The monoisotopic (exact) mass is 560 g/mol. The Bertz CT molecular complexity index is 1390. The summed E-state index contributed by atoms with van der Waals surface area (Å²) >= 11 is 2.69. The number of fused-ring (bicyclic) bond motifs is 2. The summed E-state index contributed by atoms with van der Waals surface area (Å²) in [5.74, 6) is -3.57. The van der Waals surface area contributed by atoms with Crippen LogP contribution in [0.5, 0.6) is 0 Å². The number of carbonyl (C=O) groups is 4. The number of aliphatic carboxylic acids is 2. The molecule has 2 fully saturated rings. The van der Waals surface area contributed by atoms with Crippen molar-refractivity contribution in [2.24, 2.45) is 11.8 Å². The summed E-state index contributed by atoms with van der Waals surface area (Å²) in [5, 5.41) is 36.3. The third-order valence-corrected chi connectivity index (χ3v) is 9.85. The molecule has 0 radical (unpaired) electrons. The quantitative estimate of drug-likeness (QED) is 0.205. The Morgan fingerprint density at radius 1 is 1.29 bits per heavy atom. The minimum Gasteiger partial charge on any atom is -0.481 e. The number of rotatable bonds is 8. The fourth-order valence-corrected chi connectivity index (χ4v) is 8.16. The van der Waals surface area contributed by atoms with Gasteiger partial charge in [-0.3, -0.25) is 14.4 Å². The van der Waals surface area contributed by atoms with Crippen LogP contribution < -0.4 is 16.4 Å². The minimum atomic E-state index is -1.17. The number of nitrogens with two attached hydrogens (primary N) is 1. The van der Waals surface area contributed by atoms with Crippen molar-refractivity contribution < 1.29 is 34.5 Å². The predicted octanol–water partition coefficient (Wildman–Crippen LogP) is 1.67. The molecule has 1 aromatic carbocycles. The topological polar surface area (TPSA) is 182 Å². The van der Waals surface area contributed by atoms with Crippen molar-refractivity contribution in [1.82, 2.24) is 10.2 Å². The van der Waals surface area contributed by atoms with Crippen LogP contribution >= 0.6 is 23.1 Å². The molecule has 0 spiro atoms. The molecule has 6 atom stereocenters. The van der Waals surface area contributed by atoms with Crippen molar-refractivity contribution in [3.8, 4) is 0 Å². The Morgan fingerprint density at radius 3 is 2.68 bits per heavy atom. The maximum Gasteiger partial charge on any atom is 0.353 e. The smallest absolute Gasteiger partial charge is 0.353 e. The Hall–Kier alpha value is -3.13. The molecule has 2 saturated heterocycles. The molecule has 2 amide bonds. The molecule has 2 aromatic rings. The first-order chi connectivity index (χ1) is 18.0. The van der Waals surface area contributed by atoms with Gasteiger partial charge in [0.1, 0.15) is 5.70 Å². The number of anilines is 2. The van der Waals surface area contributed by atoms with Crippen molar-refractivity contribution in [3.05, 3.63) is 34.4 Å². The molecule has 5 rings (SSSR count). The summed E-state index contributed by atoms with van der Waals surface area (Å²) < 4.78 is 0.780. The van der Waals surface area contributed by atoms with Gasteiger partial charge in [-0.1, -0.05) is 6.92 Å². The largest absolute Gasteiger partial charge is 0.481 e. The SMILES string of the molecule is C[C@@H](O)[C@H]1C(=O)N2C(C(=O)O)=C(S[C@@H]3CN[C@H](C(=O)Nc4cc5c(N)cc(CC(=O)O)cc5s4)C3)[C@H](C)[C@H]12. The summed E-state index contributed by atoms with van der Waals surface area (Å²) in [6.07, 6.45) is -0.538. The lowest BCUT2D eigenvalue weighted by Crippen LogP contribution is -2.63. The lowest BCUT2D eigenvalue weighted by Gasteiger charge is -2.46. The number of β-lactam (4-membered cyclic amide) rings is 1. The Morgan fingerprint density at radius 2 is 2.03 bits per heavy atom. The van der Waals surface area contributed by atoms with Gasteiger partial charge in [0.15, 0.2) is 0 Å². The summed E-state index contributed by atoms with van der Waals surface area (Å²) in [6.45, 7) is 3.91. The number of nitrogens with zero attached hydrogens (tertiary/aromatic N) is 1. The second kappa shape index (κ2) is 9.88. The number of aliphatic hydroxyl groups is 1. The van der Waals surface area contributed by atoms with Crippen LogP contribution in [0.3, 0.4) is 0 Å². The molecule has 4 heterocycles. The molecule has 0 aliphatic carbocycles. The van der Waals surface area contributed by atoms with Crippen molar-refractivity contribution >= 4 is 67.6 Å². The average Bonchev–Trinajstić information content (AvgIpc) is 3.50. The summed E-state index contributed by atoms with van der Waals surface area (Å²) in [7, 11) is 0. The zero-order chi connectivity index (χ0) is 27.5. The third kappa shape index (κ3) is 4.53. The molecule has 13 heteroatoms. The minimum absolute atomic E-state index is 0.0209. The number of carbonyl (C=O) groups excluding carboxylic acids is 2. The van der Waals surface area contributed by atoms with E-state index in [9.17, 15) is 29.4 Å². The third-order valence-electron chi connectivity index (χ3n) is 7.34. The fraction of sp³-hybridized carbons (Fsp3) is 0.440. The Kier molecular flexibility index (Phi) is 6.88. The van der Waals surface area contributed by atoms with Crippen molar-refractivity contribution in [2.75, 3.05) is 17.6 Å². The number of hydrogen-bond acceptors (Lipinski definition) is 9. The summed E-state index contributed by atoms with van der Waals surface area (Å²) in [6, 6.07) is 4.28. The van der Waals surface area contributed by atoms with Crippen LogP contribution in [-0.4, -0.2) is 74.0 Å². The number of nitrogens with one attached hydrogen (secondary N) is 2. The highest BCUT2D eigenvalue weighted by atomic mass is 32.2. The molecule has 7 N–H and O–H groups in total. The van der Waals surface area contributed by atoms with Gasteiger partial charge in [-0.25, -0.2) is 4.79 Å². The Balaban J connectivity index is 1.26. The van der Waals surface area contributed by atoms with E-state index in [0.29, 0.717) is 34.1 Å². The van der Waals surface area contributed by atoms with Gasteiger partial charge in [-0.05, 0) is 37.1 Å². The Labute approximate surface area is 226 Å². The van der Waals surface area contributed by atoms with E-state index >= 15 is 0 Å². The fourth-order valence-electron chi connectivity index (χ4n) is 5.62. The molecule has 3 aliphatic heterocycles. The van der Waals surface area contributed by atoms with Gasteiger partial charge in [0.25, 0.3) is 0 Å². The number of benzene rings is 1. The van der Waals surface area contributed by atoms with E-state index in [4.69, 9.17) is 10.8 Å². The molecule has 0 unspecified atom stereocenters. The number of hydrogen-bond donors (Lipinski definition) is 6. The lowest BCUT2D eigenvalue weighted by atomic mass is 9.79. The van der Waals surface area contributed by atoms with Crippen LogP contribution in [0.15, 0.2) is 28.8 Å². The first kappa shape index (κ1) is 26.5. The highest BCUT2D eigenvalue weighted by Crippen LogP contribution is 2.51. The normalized spacial score (nSPS) is 27.4. The first-order valence-corrected chi connectivity index (χ1v) is 13.9. The standard InChI is InChI=1S/C25H28N4O7S2/c1-9-20-19(10(2)30)24(34)29(20)21(25(35)36)22(9)37-12-6-15(27-8-12)23(33)28-17-7-13-14(26)3-11(5-18(31)32)4-16(13)38-17/h3-4,7,9-10,12,15,19-20,27,30H,5-6,8,26H2,1-2H3,(H,28,33)(H,31,32)(H,35,36)/t9-,10-,12+,15+,19-,20-/m1/s1. The van der Waals surface area contributed by atoms with Crippen molar-refractivity contribution in [1.29, 1.82) is 0 Å². The first-order valence-electron chi connectivity index (χ1n) is 12.2. The van der Waals surface area contributed by atoms with Gasteiger partial charge in [-0.15, -0.1) is 23.1 Å². The highest BCUT2D eigenvalue weighted by Gasteiger charge is 2.60. The molecular formula is C25H28N4O7S2. The number of nitrogen functional groups attached to an aromatic ring is 1. The van der Waals surface area contributed by atoms with Gasteiger partial charge < -0.3 is 36.6 Å². The predicted molar refractivity (Wildman–Crippen MR) is 144 cm³/mol. The van der Waals surface area contributed by atoms with Crippen LogP contribution in [0, 0.1) is 11.8 Å². The molecular weight excluding hydrogens is 532 g/mol. The van der Waals surface area contributed by atoms with Crippen LogP contribution in [0.2, 0.25) is 0 Å². The van der Waals surface area contributed by atoms with E-state index in [1.54, 1.807) is 25.1 Å². The van der Waals surface area contributed by atoms with Gasteiger partial charge in [0.05, 0.1) is 35.5 Å². The lowest BCUT2D eigenvalue weighted by molar-refractivity contribution is -0.163.